The van der Waals surface area contributed by atoms with Gasteiger partial charge in [-0.2, -0.15) is 0 Å². The van der Waals surface area contributed by atoms with E-state index >= 15 is 0 Å². The molecular weight excluding hydrogens is 240 g/mol. The number of unbranched alkanes of at least 4 members (excludes halogenated alkanes) is 1. The molecule has 0 fully saturated rings. The van der Waals surface area contributed by atoms with Crippen LogP contribution in [0.5, 0.6) is 0 Å². The molecule has 1 aromatic heterocycles. The number of halogens is 1. The van der Waals surface area contributed by atoms with Gasteiger partial charge in [0.05, 0.1) is 12.2 Å². The minimum Gasteiger partial charge on any atom is -0.481 e. The summed E-state index contributed by atoms with van der Waals surface area (Å²) in [4.78, 5) is 14.9. The van der Waals surface area contributed by atoms with E-state index < -0.39 is 5.97 Å². The van der Waals surface area contributed by atoms with Gasteiger partial charge in [-0.25, -0.2) is 4.98 Å². The van der Waals surface area contributed by atoms with Crippen molar-refractivity contribution < 1.29 is 9.90 Å². The summed E-state index contributed by atoms with van der Waals surface area (Å²) in [6.07, 6.45) is 9.93. The lowest BCUT2D eigenvalue weighted by molar-refractivity contribution is -0.142. The molecule has 0 saturated heterocycles. The number of nitrogens with zero attached hydrogens (tertiary/aromatic N) is 2. The highest BCUT2D eigenvalue weighted by Gasteiger charge is 2.15. The Labute approximate surface area is 108 Å². The molecule has 0 aliphatic heterocycles. The fourth-order valence-corrected chi connectivity index (χ4v) is 1.78. The van der Waals surface area contributed by atoms with Crippen LogP contribution >= 0.6 is 12.4 Å². The topological polar surface area (TPSA) is 55.1 Å². The van der Waals surface area contributed by atoms with Crippen LogP contribution < -0.4 is 0 Å². The van der Waals surface area contributed by atoms with Crippen LogP contribution in [0.15, 0.2) is 18.7 Å². The molecule has 1 N–H and O–H groups in total. The van der Waals surface area contributed by atoms with E-state index in [0.717, 1.165) is 38.6 Å². The number of aromatic nitrogens is 2. The van der Waals surface area contributed by atoms with Crippen LogP contribution in [0.2, 0.25) is 0 Å². The zero-order valence-corrected chi connectivity index (χ0v) is 11.0. The first kappa shape index (κ1) is 16.0. The molecule has 1 aromatic rings. The molecule has 1 rings (SSSR count). The van der Waals surface area contributed by atoms with E-state index in [9.17, 15) is 4.79 Å². The molecule has 5 heteroatoms. The number of aliphatic carboxylic acids is 1. The van der Waals surface area contributed by atoms with E-state index in [1.54, 1.807) is 12.5 Å². The fraction of sp³-hybridized carbons (Fsp3) is 0.667. The van der Waals surface area contributed by atoms with Crippen LogP contribution in [0, 0.1) is 5.92 Å². The lowest BCUT2D eigenvalue weighted by atomic mass is 9.97. The first-order valence-corrected chi connectivity index (χ1v) is 5.92. The first-order valence-electron chi connectivity index (χ1n) is 5.92. The van der Waals surface area contributed by atoms with E-state index in [1.165, 1.54) is 0 Å². The molecule has 0 unspecified atom stereocenters. The van der Waals surface area contributed by atoms with E-state index in [1.807, 2.05) is 10.8 Å². The van der Waals surface area contributed by atoms with Gasteiger partial charge < -0.3 is 9.67 Å². The lowest BCUT2D eigenvalue weighted by Gasteiger charge is -2.11. The normalized spacial score (nSPS) is 11.8. The van der Waals surface area contributed by atoms with Crippen molar-refractivity contribution in [3.05, 3.63) is 18.7 Å². The highest BCUT2D eigenvalue weighted by Crippen LogP contribution is 2.15. The van der Waals surface area contributed by atoms with Crippen LogP contribution in [0.3, 0.4) is 0 Å². The van der Waals surface area contributed by atoms with Gasteiger partial charge in [0.25, 0.3) is 0 Å². The summed E-state index contributed by atoms with van der Waals surface area (Å²) in [6.45, 7) is 2.94. The number of carboxylic acid groups (broad SMARTS) is 1. The van der Waals surface area contributed by atoms with Crippen LogP contribution in [0.25, 0.3) is 0 Å². The second-order valence-corrected chi connectivity index (χ2v) is 4.12. The predicted molar refractivity (Wildman–Crippen MR) is 69.4 cm³/mol. The van der Waals surface area contributed by atoms with Crippen LogP contribution in [-0.2, 0) is 11.3 Å². The lowest BCUT2D eigenvalue weighted by Crippen LogP contribution is -2.14. The maximum atomic E-state index is 11.0. The third-order valence-electron chi connectivity index (χ3n) is 2.78. The van der Waals surface area contributed by atoms with Gasteiger partial charge in [-0.1, -0.05) is 19.8 Å². The summed E-state index contributed by atoms with van der Waals surface area (Å²) in [5, 5.41) is 9.04. The van der Waals surface area contributed by atoms with Crippen molar-refractivity contribution in [1.82, 2.24) is 9.55 Å². The second kappa shape index (κ2) is 9.05. The van der Waals surface area contributed by atoms with Crippen molar-refractivity contribution in [2.45, 2.75) is 45.6 Å². The van der Waals surface area contributed by atoms with E-state index in [4.69, 9.17) is 5.11 Å². The first-order chi connectivity index (χ1) is 7.74. The van der Waals surface area contributed by atoms with Gasteiger partial charge in [-0.05, 0) is 19.3 Å². The molecule has 0 bridgehead atoms. The molecule has 1 atom stereocenters. The molecule has 1 heterocycles. The van der Waals surface area contributed by atoms with Crippen LogP contribution in [0.4, 0.5) is 0 Å². The quantitative estimate of drug-likeness (QED) is 0.782. The van der Waals surface area contributed by atoms with Gasteiger partial charge in [0.15, 0.2) is 0 Å². The number of hydrogen-bond donors (Lipinski definition) is 1. The van der Waals surface area contributed by atoms with Crippen molar-refractivity contribution in [3.63, 3.8) is 0 Å². The Hall–Kier alpha value is -1.03. The molecule has 98 valence electrons. The zero-order valence-electron chi connectivity index (χ0n) is 10.2. The number of hydrogen-bond acceptors (Lipinski definition) is 2. The Kier molecular flexibility index (Phi) is 8.50. The largest absolute Gasteiger partial charge is 0.481 e. The zero-order chi connectivity index (χ0) is 11.8. The maximum Gasteiger partial charge on any atom is 0.306 e. The average molecular weight is 261 g/mol. The molecule has 0 saturated carbocycles. The van der Waals surface area contributed by atoms with Gasteiger partial charge in [-0.15, -0.1) is 12.4 Å². The Morgan fingerprint density at radius 3 is 2.65 bits per heavy atom. The van der Waals surface area contributed by atoms with Gasteiger partial charge in [-0.3, -0.25) is 4.79 Å². The number of carbonyl (C=O) groups is 1. The van der Waals surface area contributed by atoms with E-state index in [-0.39, 0.29) is 18.3 Å². The van der Waals surface area contributed by atoms with E-state index in [2.05, 4.69) is 11.9 Å². The molecule has 0 aliphatic rings. The van der Waals surface area contributed by atoms with Crippen molar-refractivity contribution in [1.29, 1.82) is 0 Å². The minimum atomic E-state index is -0.654. The molecular formula is C12H21ClN2O2. The highest BCUT2D eigenvalue weighted by molar-refractivity contribution is 5.85. The standard InChI is InChI=1S/C12H20N2O2.ClH/c1-2-3-5-11(12(15)16)6-4-8-14-9-7-13-10-14;/h7,9-11H,2-6,8H2,1H3,(H,15,16);1H/t11-;/m0./s1. The number of imidazole rings is 1. The van der Waals surface area contributed by atoms with E-state index in [0.29, 0.717) is 0 Å². The Morgan fingerprint density at radius 1 is 1.41 bits per heavy atom. The fourth-order valence-electron chi connectivity index (χ4n) is 1.78. The summed E-state index contributed by atoms with van der Waals surface area (Å²) in [5.74, 6) is -0.831. The summed E-state index contributed by atoms with van der Waals surface area (Å²) < 4.78 is 1.98. The summed E-state index contributed by atoms with van der Waals surface area (Å²) >= 11 is 0. The van der Waals surface area contributed by atoms with Gasteiger partial charge >= 0.3 is 5.97 Å². The molecule has 0 radical (unpaired) electrons. The molecule has 0 aliphatic carbocycles. The third-order valence-corrected chi connectivity index (χ3v) is 2.78. The Balaban J connectivity index is 0.00000256. The van der Waals surface area contributed by atoms with Crippen molar-refractivity contribution in [3.8, 4) is 0 Å². The Bertz CT molecular complexity index is 301. The third kappa shape index (κ3) is 6.31. The van der Waals surface area contributed by atoms with Gasteiger partial charge in [0.1, 0.15) is 0 Å². The van der Waals surface area contributed by atoms with Crippen LogP contribution in [0.1, 0.15) is 39.0 Å². The average Bonchev–Trinajstić information content (AvgIpc) is 2.75. The van der Waals surface area contributed by atoms with Crippen LogP contribution in [-0.4, -0.2) is 20.6 Å². The number of rotatable bonds is 8. The van der Waals surface area contributed by atoms with Crippen molar-refractivity contribution in [2.24, 2.45) is 5.92 Å². The SMILES string of the molecule is CCCC[C@@H](CCCn1ccnc1)C(=O)O.Cl. The number of aryl methyl sites for hydroxylation is 1. The monoisotopic (exact) mass is 260 g/mol. The summed E-state index contributed by atoms with van der Waals surface area (Å²) in [7, 11) is 0. The molecule has 4 nitrogen and oxygen atoms in total. The van der Waals surface area contributed by atoms with Gasteiger partial charge in [0, 0.05) is 18.9 Å². The number of carboxylic acids is 1. The summed E-state index contributed by atoms with van der Waals surface area (Å²) in [5.41, 5.74) is 0. The van der Waals surface area contributed by atoms with Gasteiger partial charge in [0.2, 0.25) is 0 Å². The van der Waals surface area contributed by atoms with Crippen molar-refractivity contribution >= 4 is 18.4 Å². The molecule has 0 aromatic carbocycles. The summed E-state index contributed by atoms with van der Waals surface area (Å²) in [6, 6.07) is 0. The maximum absolute atomic E-state index is 11.0. The molecule has 0 amide bonds. The predicted octanol–water partition coefficient (Wildman–Crippen LogP) is 2.98. The smallest absolute Gasteiger partial charge is 0.306 e. The van der Waals surface area contributed by atoms with Crippen molar-refractivity contribution in [2.75, 3.05) is 0 Å². The second-order valence-electron chi connectivity index (χ2n) is 4.12. The Morgan fingerprint density at radius 2 is 2.12 bits per heavy atom. The minimum absolute atomic E-state index is 0. The molecule has 0 spiro atoms. The molecule has 17 heavy (non-hydrogen) atoms. The highest BCUT2D eigenvalue weighted by atomic mass is 35.5.